The van der Waals surface area contributed by atoms with Crippen molar-refractivity contribution in [1.29, 1.82) is 0 Å². The number of aryl methyl sites for hydroxylation is 1. The van der Waals surface area contributed by atoms with Gasteiger partial charge in [0.25, 0.3) is 0 Å². The van der Waals surface area contributed by atoms with Crippen LogP contribution < -0.4 is 4.74 Å². The van der Waals surface area contributed by atoms with E-state index in [-0.39, 0.29) is 6.10 Å². The molecule has 2 atom stereocenters. The number of hydrogen-bond donors (Lipinski definition) is 0. The van der Waals surface area contributed by atoms with E-state index in [0.717, 1.165) is 37.8 Å². The van der Waals surface area contributed by atoms with Gasteiger partial charge >= 0.3 is 0 Å². The molecule has 0 aromatic heterocycles. The quantitative estimate of drug-likeness (QED) is 0.766. The molecule has 2 aliphatic rings. The molecule has 0 radical (unpaired) electrons. The minimum absolute atomic E-state index is 0.265. The summed E-state index contributed by atoms with van der Waals surface area (Å²) in [7, 11) is 0. The van der Waals surface area contributed by atoms with E-state index in [1.165, 1.54) is 5.56 Å². The SMILES string of the molecule is Cc1ccc(OC2CC3CCC(C2)N3C=O)cc1. The minimum atomic E-state index is 0.265. The summed E-state index contributed by atoms with van der Waals surface area (Å²) < 4.78 is 6.04. The van der Waals surface area contributed by atoms with Gasteiger partial charge < -0.3 is 9.64 Å². The molecule has 2 unspecified atom stereocenters. The molecule has 3 nitrogen and oxygen atoms in total. The summed E-state index contributed by atoms with van der Waals surface area (Å²) >= 11 is 0. The van der Waals surface area contributed by atoms with E-state index in [2.05, 4.69) is 19.1 Å². The fourth-order valence-corrected chi connectivity index (χ4v) is 3.24. The van der Waals surface area contributed by atoms with Gasteiger partial charge in [-0.3, -0.25) is 4.79 Å². The summed E-state index contributed by atoms with van der Waals surface area (Å²) in [4.78, 5) is 13.0. The van der Waals surface area contributed by atoms with Gasteiger partial charge in [0.2, 0.25) is 6.41 Å². The van der Waals surface area contributed by atoms with Crippen LogP contribution in [0.1, 0.15) is 31.2 Å². The van der Waals surface area contributed by atoms with Gasteiger partial charge in [-0.05, 0) is 31.9 Å². The second-order valence-electron chi connectivity index (χ2n) is 5.46. The van der Waals surface area contributed by atoms with Crippen molar-refractivity contribution in [3.05, 3.63) is 29.8 Å². The Bertz CT molecular complexity index is 415. The lowest BCUT2D eigenvalue weighted by Gasteiger charge is -2.36. The highest BCUT2D eigenvalue weighted by molar-refractivity contribution is 5.49. The van der Waals surface area contributed by atoms with Crippen LogP contribution in [-0.4, -0.2) is 29.5 Å². The first-order chi connectivity index (χ1) is 8.76. The predicted octanol–water partition coefficient (Wildman–Crippen LogP) is 2.53. The number of carbonyl (C=O) groups excluding carboxylic acids is 1. The first-order valence-electron chi connectivity index (χ1n) is 6.72. The van der Waals surface area contributed by atoms with E-state index < -0.39 is 0 Å². The molecule has 2 heterocycles. The van der Waals surface area contributed by atoms with Gasteiger partial charge in [-0.15, -0.1) is 0 Å². The molecule has 0 aliphatic carbocycles. The minimum Gasteiger partial charge on any atom is -0.490 e. The zero-order valence-electron chi connectivity index (χ0n) is 10.7. The Balaban J connectivity index is 1.66. The molecule has 2 aliphatic heterocycles. The Labute approximate surface area is 108 Å². The van der Waals surface area contributed by atoms with Crippen molar-refractivity contribution in [1.82, 2.24) is 4.90 Å². The second kappa shape index (κ2) is 4.63. The summed E-state index contributed by atoms with van der Waals surface area (Å²) in [5, 5.41) is 0. The molecule has 3 rings (SSSR count). The number of ether oxygens (including phenoxy) is 1. The third kappa shape index (κ3) is 2.09. The smallest absolute Gasteiger partial charge is 0.210 e. The molecule has 0 spiro atoms. The van der Waals surface area contributed by atoms with Crippen LogP contribution in [0.5, 0.6) is 5.75 Å². The number of nitrogens with zero attached hydrogens (tertiary/aromatic N) is 1. The van der Waals surface area contributed by atoms with Crippen LogP contribution in [0, 0.1) is 6.92 Å². The van der Waals surface area contributed by atoms with Gasteiger partial charge in [0.05, 0.1) is 0 Å². The number of rotatable bonds is 3. The van der Waals surface area contributed by atoms with E-state index >= 15 is 0 Å². The van der Waals surface area contributed by atoms with Gasteiger partial charge in [-0.2, -0.15) is 0 Å². The molecule has 1 aromatic carbocycles. The first kappa shape index (κ1) is 11.6. The summed E-state index contributed by atoms with van der Waals surface area (Å²) in [6.45, 7) is 2.08. The van der Waals surface area contributed by atoms with Crippen LogP contribution in [0.3, 0.4) is 0 Å². The molecule has 2 bridgehead atoms. The van der Waals surface area contributed by atoms with Crippen LogP contribution in [-0.2, 0) is 4.79 Å². The van der Waals surface area contributed by atoms with Crippen molar-refractivity contribution in [3.63, 3.8) is 0 Å². The molecule has 2 fully saturated rings. The number of hydrogen-bond acceptors (Lipinski definition) is 2. The van der Waals surface area contributed by atoms with Crippen molar-refractivity contribution in [3.8, 4) is 5.75 Å². The van der Waals surface area contributed by atoms with E-state index in [4.69, 9.17) is 4.74 Å². The molecule has 2 saturated heterocycles. The van der Waals surface area contributed by atoms with Crippen LogP contribution in [0.15, 0.2) is 24.3 Å². The summed E-state index contributed by atoms with van der Waals surface area (Å²) in [5.74, 6) is 0.949. The molecular weight excluding hydrogens is 226 g/mol. The Morgan fingerprint density at radius 3 is 2.33 bits per heavy atom. The average Bonchev–Trinajstić information content (AvgIpc) is 2.62. The van der Waals surface area contributed by atoms with Crippen LogP contribution in [0.25, 0.3) is 0 Å². The lowest BCUT2D eigenvalue weighted by atomic mass is 10.0. The van der Waals surface area contributed by atoms with Crippen LogP contribution >= 0.6 is 0 Å². The van der Waals surface area contributed by atoms with Gasteiger partial charge in [-0.1, -0.05) is 17.7 Å². The van der Waals surface area contributed by atoms with E-state index in [9.17, 15) is 4.79 Å². The molecular formula is C15H19NO2. The summed E-state index contributed by atoms with van der Waals surface area (Å²) in [6.07, 6.45) is 5.51. The number of amides is 1. The third-order valence-electron chi connectivity index (χ3n) is 4.19. The Kier molecular flexibility index (Phi) is 2.98. The number of carbonyl (C=O) groups is 1. The maximum absolute atomic E-state index is 11.0. The zero-order valence-corrected chi connectivity index (χ0v) is 10.7. The van der Waals surface area contributed by atoms with E-state index in [1.54, 1.807) is 0 Å². The number of fused-ring (bicyclic) bond motifs is 2. The largest absolute Gasteiger partial charge is 0.490 e. The molecule has 3 heteroatoms. The Hall–Kier alpha value is -1.51. The maximum atomic E-state index is 11.0. The average molecular weight is 245 g/mol. The van der Waals surface area contributed by atoms with Gasteiger partial charge in [0.1, 0.15) is 11.9 Å². The molecule has 0 N–H and O–H groups in total. The lowest BCUT2D eigenvalue weighted by molar-refractivity contribution is -0.123. The van der Waals surface area contributed by atoms with Gasteiger partial charge in [0.15, 0.2) is 0 Å². The van der Waals surface area contributed by atoms with Crippen molar-refractivity contribution < 1.29 is 9.53 Å². The van der Waals surface area contributed by atoms with Crippen molar-refractivity contribution >= 4 is 6.41 Å². The molecule has 96 valence electrons. The highest BCUT2D eigenvalue weighted by atomic mass is 16.5. The van der Waals surface area contributed by atoms with Crippen LogP contribution in [0.4, 0.5) is 0 Å². The normalized spacial score (nSPS) is 30.3. The first-order valence-corrected chi connectivity index (χ1v) is 6.72. The van der Waals surface area contributed by atoms with E-state index in [1.807, 2.05) is 17.0 Å². The summed E-state index contributed by atoms with van der Waals surface area (Å²) in [6, 6.07) is 9.01. The van der Waals surface area contributed by atoms with Gasteiger partial charge in [-0.25, -0.2) is 0 Å². The standard InChI is InChI=1S/C15H19NO2/c1-11-2-6-14(7-3-11)18-15-8-12-4-5-13(9-15)16(12)10-17/h2-3,6-7,10,12-13,15H,4-5,8-9H2,1H3. The molecule has 0 saturated carbocycles. The lowest BCUT2D eigenvalue weighted by Crippen LogP contribution is -2.45. The highest BCUT2D eigenvalue weighted by Crippen LogP contribution is 2.36. The second-order valence-corrected chi connectivity index (χ2v) is 5.46. The fourth-order valence-electron chi connectivity index (χ4n) is 3.24. The third-order valence-corrected chi connectivity index (χ3v) is 4.19. The van der Waals surface area contributed by atoms with Gasteiger partial charge in [0, 0.05) is 24.9 Å². The van der Waals surface area contributed by atoms with Crippen LogP contribution in [0.2, 0.25) is 0 Å². The number of benzene rings is 1. The predicted molar refractivity (Wildman–Crippen MR) is 69.5 cm³/mol. The maximum Gasteiger partial charge on any atom is 0.210 e. The fraction of sp³-hybridized carbons (Fsp3) is 0.533. The van der Waals surface area contributed by atoms with Crippen molar-refractivity contribution in [2.24, 2.45) is 0 Å². The highest BCUT2D eigenvalue weighted by Gasteiger charge is 2.40. The molecule has 1 amide bonds. The topological polar surface area (TPSA) is 29.5 Å². The van der Waals surface area contributed by atoms with Crippen molar-refractivity contribution in [2.45, 2.75) is 50.8 Å². The monoisotopic (exact) mass is 245 g/mol. The summed E-state index contributed by atoms with van der Waals surface area (Å²) in [5.41, 5.74) is 1.25. The Morgan fingerprint density at radius 1 is 1.17 bits per heavy atom. The zero-order chi connectivity index (χ0) is 12.5. The molecule has 1 aromatic rings. The number of piperidine rings is 1. The molecule has 18 heavy (non-hydrogen) atoms. The Morgan fingerprint density at radius 2 is 1.78 bits per heavy atom. The van der Waals surface area contributed by atoms with E-state index in [0.29, 0.717) is 12.1 Å². The van der Waals surface area contributed by atoms with Crippen molar-refractivity contribution in [2.75, 3.05) is 0 Å².